The predicted molar refractivity (Wildman–Crippen MR) is 133 cm³/mol. The van der Waals surface area contributed by atoms with Crippen LogP contribution in [0.1, 0.15) is 53.4 Å². The number of amides is 1. The average Bonchev–Trinajstić information content (AvgIpc) is 2.84. The summed E-state index contributed by atoms with van der Waals surface area (Å²) in [5.74, 6) is 1.31. The van der Waals surface area contributed by atoms with Crippen molar-refractivity contribution in [3.05, 3.63) is 70.8 Å². The van der Waals surface area contributed by atoms with Gasteiger partial charge in [-0.2, -0.15) is 0 Å². The lowest BCUT2D eigenvalue weighted by molar-refractivity contribution is 0.0235. The molecule has 0 fully saturated rings. The molecule has 0 spiro atoms. The van der Waals surface area contributed by atoms with Gasteiger partial charge in [0.2, 0.25) is 0 Å². The number of benzene rings is 3. The molecule has 33 heavy (non-hydrogen) atoms. The van der Waals surface area contributed by atoms with Crippen LogP contribution < -0.4 is 9.47 Å². The van der Waals surface area contributed by atoms with Crippen LogP contribution >= 0.6 is 0 Å². The molecule has 5 heteroatoms. The Bertz CT molecular complexity index is 1170. The zero-order chi connectivity index (χ0) is 23.7. The number of nitrogens with zero attached hydrogens (tertiary/aromatic N) is 2. The van der Waals surface area contributed by atoms with E-state index in [0.29, 0.717) is 23.6 Å². The predicted octanol–water partition coefficient (Wildman–Crippen LogP) is 5.59. The van der Waals surface area contributed by atoms with E-state index in [4.69, 9.17) is 9.47 Å². The van der Waals surface area contributed by atoms with E-state index < -0.39 is 0 Å². The SMILES string of the molecule is CCC(N1CCc2cc(OC)c(OC)cc2C1=O)N(C)C(C)c1c(C)ccc2ccccc12. The van der Waals surface area contributed by atoms with Gasteiger partial charge in [-0.1, -0.05) is 43.3 Å². The van der Waals surface area contributed by atoms with Crippen molar-refractivity contribution in [2.75, 3.05) is 27.8 Å². The highest BCUT2D eigenvalue weighted by molar-refractivity contribution is 5.97. The first-order valence-corrected chi connectivity index (χ1v) is 11.7. The molecule has 2 atom stereocenters. The minimum atomic E-state index is -0.00730. The molecule has 1 amide bonds. The van der Waals surface area contributed by atoms with Gasteiger partial charge in [0.25, 0.3) is 5.91 Å². The van der Waals surface area contributed by atoms with Crippen molar-refractivity contribution in [2.24, 2.45) is 0 Å². The van der Waals surface area contributed by atoms with E-state index in [1.54, 1.807) is 14.2 Å². The Hall–Kier alpha value is -3.05. The van der Waals surface area contributed by atoms with Crippen LogP contribution in [0.5, 0.6) is 11.5 Å². The van der Waals surface area contributed by atoms with Gasteiger partial charge < -0.3 is 14.4 Å². The van der Waals surface area contributed by atoms with Crippen LogP contribution in [0.15, 0.2) is 48.5 Å². The first-order valence-electron chi connectivity index (χ1n) is 11.7. The fourth-order valence-electron chi connectivity index (χ4n) is 5.26. The summed E-state index contributed by atoms with van der Waals surface area (Å²) in [6.07, 6.45) is 1.64. The number of methoxy groups -OCH3 is 2. The molecule has 0 saturated carbocycles. The summed E-state index contributed by atoms with van der Waals surface area (Å²) >= 11 is 0. The normalized spacial score (nSPS) is 15.5. The first-order chi connectivity index (χ1) is 15.9. The van der Waals surface area contributed by atoms with E-state index in [0.717, 1.165) is 18.4 Å². The number of hydrogen-bond donors (Lipinski definition) is 0. The van der Waals surface area contributed by atoms with E-state index in [1.165, 1.54) is 21.9 Å². The highest BCUT2D eigenvalue weighted by Crippen LogP contribution is 2.36. The van der Waals surface area contributed by atoms with Crippen LogP contribution in [0.25, 0.3) is 10.8 Å². The number of ether oxygens (including phenoxy) is 2. The van der Waals surface area contributed by atoms with E-state index in [9.17, 15) is 4.79 Å². The summed E-state index contributed by atoms with van der Waals surface area (Å²) in [7, 11) is 5.36. The lowest BCUT2D eigenvalue weighted by atomic mass is 9.93. The Morgan fingerprint density at radius 1 is 1.06 bits per heavy atom. The molecule has 3 aromatic carbocycles. The van der Waals surface area contributed by atoms with Crippen molar-refractivity contribution in [3.63, 3.8) is 0 Å². The zero-order valence-electron chi connectivity index (χ0n) is 20.5. The Kier molecular flexibility index (Phi) is 6.61. The number of rotatable bonds is 7. The summed E-state index contributed by atoms with van der Waals surface area (Å²) < 4.78 is 10.9. The molecule has 0 aliphatic carbocycles. The van der Waals surface area contributed by atoms with E-state index in [-0.39, 0.29) is 18.1 Å². The first kappa shape index (κ1) is 23.1. The molecule has 5 nitrogen and oxygen atoms in total. The second kappa shape index (κ2) is 9.44. The van der Waals surface area contributed by atoms with Crippen LogP contribution in [-0.2, 0) is 6.42 Å². The van der Waals surface area contributed by atoms with Crippen molar-refractivity contribution >= 4 is 16.7 Å². The van der Waals surface area contributed by atoms with Crippen LogP contribution in [0.3, 0.4) is 0 Å². The molecule has 0 aromatic heterocycles. The second-order valence-corrected chi connectivity index (χ2v) is 8.86. The van der Waals surface area contributed by atoms with Crippen molar-refractivity contribution < 1.29 is 14.3 Å². The van der Waals surface area contributed by atoms with Crippen LogP contribution in [0, 0.1) is 6.92 Å². The number of fused-ring (bicyclic) bond motifs is 2. The monoisotopic (exact) mass is 446 g/mol. The number of hydrogen-bond acceptors (Lipinski definition) is 4. The highest BCUT2D eigenvalue weighted by atomic mass is 16.5. The van der Waals surface area contributed by atoms with Crippen molar-refractivity contribution in [1.82, 2.24) is 9.80 Å². The maximum atomic E-state index is 13.6. The van der Waals surface area contributed by atoms with Gasteiger partial charge in [0, 0.05) is 18.2 Å². The number of carbonyl (C=O) groups excluding carboxylic acids is 1. The van der Waals surface area contributed by atoms with Gasteiger partial charge in [-0.25, -0.2) is 0 Å². The molecule has 4 rings (SSSR count). The maximum Gasteiger partial charge on any atom is 0.255 e. The fourth-order valence-corrected chi connectivity index (χ4v) is 5.26. The molecule has 3 aromatic rings. The molecule has 174 valence electrons. The third-order valence-electron chi connectivity index (χ3n) is 7.14. The van der Waals surface area contributed by atoms with Gasteiger partial charge in [-0.3, -0.25) is 9.69 Å². The van der Waals surface area contributed by atoms with Gasteiger partial charge in [0.05, 0.1) is 20.4 Å². The maximum absolute atomic E-state index is 13.6. The second-order valence-electron chi connectivity index (χ2n) is 8.86. The minimum Gasteiger partial charge on any atom is -0.493 e. The quantitative estimate of drug-likeness (QED) is 0.474. The molecular formula is C28H34N2O3. The standard InChI is InChI=1S/C28H34N2O3/c1-7-26(29(4)19(3)27-18(2)12-13-20-10-8-9-11-22(20)27)30-15-14-21-16-24(32-5)25(33-6)17-23(21)28(30)31/h8-13,16-17,19,26H,7,14-15H2,1-6H3. The molecule has 0 N–H and O–H groups in total. The third kappa shape index (κ3) is 4.06. The number of carbonyl (C=O) groups is 1. The van der Waals surface area contributed by atoms with Crippen LogP contribution in [0.4, 0.5) is 0 Å². The third-order valence-corrected chi connectivity index (χ3v) is 7.14. The van der Waals surface area contributed by atoms with Crippen molar-refractivity contribution in [3.8, 4) is 11.5 Å². The summed E-state index contributed by atoms with van der Waals surface area (Å²) in [4.78, 5) is 18.0. The largest absolute Gasteiger partial charge is 0.493 e. The van der Waals surface area contributed by atoms with Crippen molar-refractivity contribution in [1.29, 1.82) is 0 Å². The van der Waals surface area contributed by atoms with Gasteiger partial charge in [0.1, 0.15) is 0 Å². The molecule has 1 aliphatic heterocycles. The minimum absolute atomic E-state index is 0.00730. The van der Waals surface area contributed by atoms with Crippen LogP contribution in [0.2, 0.25) is 0 Å². The molecule has 2 unspecified atom stereocenters. The molecule has 0 radical (unpaired) electrons. The lowest BCUT2D eigenvalue weighted by Gasteiger charge is -2.43. The summed E-state index contributed by atoms with van der Waals surface area (Å²) in [5.41, 5.74) is 4.32. The average molecular weight is 447 g/mol. The van der Waals surface area contributed by atoms with Gasteiger partial charge in [-0.05, 0) is 73.3 Å². The van der Waals surface area contributed by atoms with Gasteiger partial charge in [-0.15, -0.1) is 0 Å². The summed E-state index contributed by atoms with van der Waals surface area (Å²) in [6, 6.07) is 16.8. The van der Waals surface area contributed by atoms with Gasteiger partial charge in [0.15, 0.2) is 11.5 Å². The zero-order valence-corrected chi connectivity index (χ0v) is 20.5. The molecule has 1 aliphatic rings. The van der Waals surface area contributed by atoms with E-state index in [2.05, 4.69) is 69.1 Å². The molecule has 1 heterocycles. The summed E-state index contributed by atoms with van der Waals surface area (Å²) in [6.45, 7) is 7.26. The smallest absolute Gasteiger partial charge is 0.255 e. The lowest BCUT2D eigenvalue weighted by Crippen LogP contribution is -2.52. The Morgan fingerprint density at radius 2 is 1.76 bits per heavy atom. The van der Waals surface area contributed by atoms with Crippen molar-refractivity contribution in [2.45, 2.75) is 45.8 Å². The topological polar surface area (TPSA) is 42.0 Å². The Labute approximate surface area is 196 Å². The molecule has 0 saturated heterocycles. The molecule has 0 bridgehead atoms. The van der Waals surface area contributed by atoms with Gasteiger partial charge >= 0.3 is 0 Å². The van der Waals surface area contributed by atoms with E-state index >= 15 is 0 Å². The fraction of sp³-hybridized carbons (Fsp3) is 0.393. The van der Waals surface area contributed by atoms with E-state index in [1.807, 2.05) is 17.0 Å². The Balaban J connectivity index is 1.67. The number of aryl methyl sites for hydroxylation is 1. The summed E-state index contributed by atoms with van der Waals surface area (Å²) in [5, 5.41) is 2.52. The Morgan fingerprint density at radius 3 is 2.45 bits per heavy atom. The molecular weight excluding hydrogens is 412 g/mol. The highest BCUT2D eigenvalue weighted by Gasteiger charge is 2.34. The van der Waals surface area contributed by atoms with Crippen LogP contribution in [-0.4, -0.2) is 49.7 Å².